The minimum Gasteiger partial charge on any atom is -0.376 e. The Balaban J connectivity index is 1.91. The molecule has 1 aliphatic carbocycles. The van der Waals surface area contributed by atoms with Gasteiger partial charge < -0.3 is 9.53 Å². The van der Waals surface area contributed by atoms with E-state index in [0.717, 1.165) is 51.4 Å². The van der Waals surface area contributed by atoms with Gasteiger partial charge in [0.2, 0.25) is 0 Å². The standard InChI is InChI=1S/C15H27NO2/c1-3-14-10-16(8-9-18-14)11-15(12-17)6-4-13(2)5-7-15/h12-14H,3-11H2,1-2H3. The van der Waals surface area contributed by atoms with Crippen LogP contribution in [0.5, 0.6) is 0 Å². The van der Waals surface area contributed by atoms with E-state index in [0.29, 0.717) is 6.10 Å². The molecule has 18 heavy (non-hydrogen) atoms. The fourth-order valence-electron chi connectivity index (χ4n) is 3.27. The first kappa shape index (κ1) is 14.0. The summed E-state index contributed by atoms with van der Waals surface area (Å²) in [5, 5.41) is 0. The van der Waals surface area contributed by atoms with E-state index >= 15 is 0 Å². The minimum atomic E-state index is -0.0673. The molecule has 1 heterocycles. The second-order valence-electron chi connectivity index (χ2n) is 6.30. The molecule has 1 aliphatic heterocycles. The third-order valence-corrected chi connectivity index (χ3v) is 4.74. The van der Waals surface area contributed by atoms with E-state index in [9.17, 15) is 4.79 Å². The van der Waals surface area contributed by atoms with Crippen LogP contribution in [-0.2, 0) is 9.53 Å². The smallest absolute Gasteiger partial charge is 0.127 e. The van der Waals surface area contributed by atoms with Crippen LogP contribution in [0.15, 0.2) is 0 Å². The Labute approximate surface area is 111 Å². The maximum atomic E-state index is 11.6. The fourth-order valence-corrected chi connectivity index (χ4v) is 3.27. The monoisotopic (exact) mass is 253 g/mol. The van der Waals surface area contributed by atoms with Crippen molar-refractivity contribution in [2.75, 3.05) is 26.2 Å². The van der Waals surface area contributed by atoms with Crippen molar-refractivity contribution in [3.63, 3.8) is 0 Å². The van der Waals surface area contributed by atoms with Crippen LogP contribution in [0.4, 0.5) is 0 Å². The number of rotatable bonds is 4. The van der Waals surface area contributed by atoms with Crippen LogP contribution >= 0.6 is 0 Å². The van der Waals surface area contributed by atoms with Crippen LogP contribution in [0, 0.1) is 11.3 Å². The summed E-state index contributed by atoms with van der Waals surface area (Å²) in [4.78, 5) is 14.0. The van der Waals surface area contributed by atoms with E-state index in [1.807, 2.05) is 0 Å². The zero-order valence-electron chi connectivity index (χ0n) is 11.9. The first-order valence-electron chi connectivity index (χ1n) is 7.48. The van der Waals surface area contributed by atoms with Crippen LogP contribution in [0.2, 0.25) is 0 Å². The largest absolute Gasteiger partial charge is 0.376 e. The van der Waals surface area contributed by atoms with Gasteiger partial charge in [0.05, 0.1) is 12.7 Å². The molecule has 3 heteroatoms. The zero-order valence-corrected chi connectivity index (χ0v) is 11.9. The minimum absolute atomic E-state index is 0.0673. The highest BCUT2D eigenvalue weighted by atomic mass is 16.5. The molecule has 0 amide bonds. The highest BCUT2D eigenvalue weighted by Crippen LogP contribution is 2.38. The lowest BCUT2D eigenvalue weighted by molar-refractivity contribution is -0.121. The SMILES string of the molecule is CCC1CN(CC2(C=O)CCC(C)CC2)CCO1. The molecule has 0 aromatic carbocycles. The summed E-state index contributed by atoms with van der Waals surface area (Å²) in [6.07, 6.45) is 7.25. The summed E-state index contributed by atoms with van der Waals surface area (Å²) in [5.41, 5.74) is -0.0673. The van der Waals surface area contributed by atoms with Crippen LogP contribution in [0.1, 0.15) is 46.0 Å². The van der Waals surface area contributed by atoms with Crippen molar-refractivity contribution < 1.29 is 9.53 Å². The number of carbonyl (C=O) groups excluding carboxylic acids is 1. The fraction of sp³-hybridized carbons (Fsp3) is 0.933. The van der Waals surface area contributed by atoms with Crippen molar-refractivity contribution in [1.29, 1.82) is 0 Å². The van der Waals surface area contributed by atoms with Gasteiger partial charge in [-0.25, -0.2) is 0 Å². The molecule has 1 unspecified atom stereocenters. The average Bonchev–Trinajstić information content (AvgIpc) is 2.42. The molecule has 2 fully saturated rings. The number of carbonyl (C=O) groups is 1. The van der Waals surface area contributed by atoms with Gasteiger partial charge in [-0.1, -0.05) is 13.8 Å². The number of ether oxygens (including phenoxy) is 1. The summed E-state index contributed by atoms with van der Waals surface area (Å²) in [7, 11) is 0. The number of hydrogen-bond donors (Lipinski definition) is 0. The van der Waals surface area contributed by atoms with Crippen molar-refractivity contribution in [1.82, 2.24) is 4.90 Å². The number of nitrogens with zero attached hydrogens (tertiary/aromatic N) is 1. The predicted molar refractivity (Wildman–Crippen MR) is 72.6 cm³/mol. The van der Waals surface area contributed by atoms with E-state index in [2.05, 4.69) is 18.7 Å². The summed E-state index contributed by atoms with van der Waals surface area (Å²) in [5.74, 6) is 0.797. The van der Waals surface area contributed by atoms with E-state index < -0.39 is 0 Å². The third-order valence-electron chi connectivity index (χ3n) is 4.74. The third kappa shape index (κ3) is 3.33. The van der Waals surface area contributed by atoms with Crippen molar-refractivity contribution in [3.05, 3.63) is 0 Å². The van der Waals surface area contributed by atoms with Gasteiger partial charge >= 0.3 is 0 Å². The zero-order chi connectivity index (χ0) is 13.0. The Hall–Kier alpha value is -0.410. The van der Waals surface area contributed by atoms with Crippen molar-refractivity contribution >= 4 is 6.29 Å². The molecule has 0 bridgehead atoms. The van der Waals surface area contributed by atoms with Crippen molar-refractivity contribution in [2.45, 2.75) is 52.1 Å². The molecule has 2 rings (SSSR count). The summed E-state index contributed by atoms with van der Waals surface area (Å²) in [6.45, 7) is 8.23. The molecule has 1 atom stereocenters. The molecular weight excluding hydrogens is 226 g/mol. The molecule has 0 radical (unpaired) electrons. The van der Waals surface area contributed by atoms with Gasteiger partial charge in [0.1, 0.15) is 6.29 Å². The quantitative estimate of drug-likeness (QED) is 0.721. The summed E-state index contributed by atoms with van der Waals surface area (Å²) >= 11 is 0. The van der Waals surface area contributed by atoms with E-state index in [1.165, 1.54) is 19.1 Å². The molecule has 1 saturated carbocycles. The molecule has 2 aliphatic rings. The van der Waals surface area contributed by atoms with Gasteiger partial charge in [-0.15, -0.1) is 0 Å². The molecule has 3 nitrogen and oxygen atoms in total. The van der Waals surface area contributed by atoms with Crippen LogP contribution in [-0.4, -0.2) is 43.5 Å². The van der Waals surface area contributed by atoms with Crippen molar-refractivity contribution in [3.8, 4) is 0 Å². The lowest BCUT2D eigenvalue weighted by Gasteiger charge is -2.41. The van der Waals surface area contributed by atoms with Gasteiger partial charge in [0.25, 0.3) is 0 Å². The topological polar surface area (TPSA) is 29.5 Å². The summed E-state index contributed by atoms with van der Waals surface area (Å²) in [6, 6.07) is 0. The van der Waals surface area contributed by atoms with Gasteiger partial charge in [-0.2, -0.15) is 0 Å². The highest BCUT2D eigenvalue weighted by Gasteiger charge is 2.36. The Bertz CT molecular complexity index is 272. The second kappa shape index (κ2) is 6.16. The number of morpholine rings is 1. The van der Waals surface area contributed by atoms with Crippen LogP contribution in [0.3, 0.4) is 0 Å². The summed E-state index contributed by atoms with van der Waals surface area (Å²) < 4.78 is 5.70. The Morgan fingerprint density at radius 3 is 2.72 bits per heavy atom. The van der Waals surface area contributed by atoms with Gasteiger partial charge in [0.15, 0.2) is 0 Å². The van der Waals surface area contributed by atoms with Gasteiger partial charge in [-0.3, -0.25) is 4.90 Å². The lowest BCUT2D eigenvalue weighted by atomic mass is 9.71. The maximum absolute atomic E-state index is 11.6. The molecule has 104 valence electrons. The molecule has 1 saturated heterocycles. The number of aldehydes is 1. The molecule has 0 spiro atoms. The van der Waals surface area contributed by atoms with Crippen LogP contribution in [0.25, 0.3) is 0 Å². The van der Waals surface area contributed by atoms with E-state index in [-0.39, 0.29) is 5.41 Å². The van der Waals surface area contributed by atoms with Crippen molar-refractivity contribution in [2.24, 2.45) is 11.3 Å². The maximum Gasteiger partial charge on any atom is 0.127 e. The first-order valence-corrected chi connectivity index (χ1v) is 7.48. The average molecular weight is 253 g/mol. The highest BCUT2D eigenvalue weighted by molar-refractivity contribution is 5.60. The second-order valence-corrected chi connectivity index (χ2v) is 6.30. The predicted octanol–water partition coefficient (Wildman–Crippen LogP) is 2.49. The van der Waals surface area contributed by atoms with Gasteiger partial charge in [-0.05, 0) is 38.0 Å². The molecule has 0 aromatic rings. The normalized spacial score (nSPS) is 38.6. The Morgan fingerprint density at radius 1 is 1.39 bits per heavy atom. The lowest BCUT2D eigenvalue weighted by Crippen LogP contribution is -2.48. The molecule has 0 aromatic heterocycles. The number of hydrogen-bond acceptors (Lipinski definition) is 3. The van der Waals surface area contributed by atoms with E-state index in [1.54, 1.807) is 0 Å². The Morgan fingerprint density at radius 2 is 2.11 bits per heavy atom. The van der Waals surface area contributed by atoms with Gasteiger partial charge in [0, 0.05) is 25.0 Å². The Kier molecular flexibility index (Phi) is 4.79. The van der Waals surface area contributed by atoms with E-state index in [4.69, 9.17) is 4.74 Å². The molecule has 0 N–H and O–H groups in total. The molecular formula is C15H27NO2. The van der Waals surface area contributed by atoms with Crippen LogP contribution < -0.4 is 0 Å². The first-order chi connectivity index (χ1) is 8.67.